The highest BCUT2D eigenvalue weighted by molar-refractivity contribution is 6.33. The van der Waals surface area contributed by atoms with Gasteiger partial charge in [0.2, 0.25) is 0 Å². The Labute approximate surface area is 101 Å². The molecule has 1 atom stereocenters. The summed E-state index contributed by atoms with van der Waals surface area (Å²) in [5, 5.41) is -0.548. The Hall–Kier alpha value is -1.28. The summed E-state index contributed by atoms with van der Waals surface area (Å²) in [4.78, 5) is 11.8. The third kappa shape index (κ3) is 3.11. The summed E-state index contributed by atoms with van der Waals surface area (Å²) in [5.74, 6) is 0.437. The Morgan fingerprint density at radius 2 is 2.31 bits per heavy atom. The fraction of sp³-hybridized carbons (Fsp3) is 0.308. The average Bonchev–Trinajstić information content (AvgIpc) is 2.26. The Morgan fingerprint density at radius 3 is 2.88 bits per heavy atom. The lowest BCUT2D eigenvalue weighted by Crippen LogP contribution is -2.12. The summed E-state index contributed by atoms with van der Waals surface area (Å²) < 4.78 is 5.42. The summed E-state index contributed by atoms with van der Waals surface area (Å²) in [6, 6.07) is 5.47. The van der Waals surface area contributed by atoms with E-state index in [4.69, 9.17) is 16.3 Å². The van der Waals surface area contributed by atoms with E-state index in [2.05, 4.69) is 6.58 Å². The van der Waals surface area contributed by atoms with Crippen LogP contribution in [0.25, 0.3) is 0 Å². The number of benzene rings is 1. The molecule has 0 amide bonds. The quantitative estimate of drug-likeness (QED) is 0.447. The molecular weight excluding hydrogens is 224 g/mol. The molecule has 86 valence electrons. The Morgan fingerprint density at radius 1 is 1.62 bits per heavy atom. The van der Waals surface area contributed by atoms with E-state index in [0.29, 0.717) is 17.9 Å². The van der Waals surface area contributed by atoms with Crippen molar-refractivity contribution >= 4 is 17.4 Å². The summed E-state index contributed by atoms with van der Waals surface area (Å²) >= 11 is 5.80. The van der Waals surface area contributed by atoms with Crippen molar-refractivity contribution in [2.45, 2.75) is 19.2 Å². The van der Waals surface area contributed by atoms with Gasteiger partial charge in [0.15, 0.2) is 5.78 Å². The minimum Gasteiger partial charge on any atom is -0.489 e. The highest BCUT2D eigenvalue weighted by atomic mass is 35.5. The first-order chi connectivity index (χ1) is 7.56. The van der Waals surface area contributed by atoms with Crippen molar-refractivity contribution < 1.29 is 9.53 Å². The van der Waals surface area contributed by atoms with Crippen LogP contribution in [0.4, 0.5) is 0 Å². The smallest absolute Gasteiger partial charge is 0.184 e. The zero-order valence-electron chi connectivity index (χ0n) is 9.50. The number of carbonyl (C=O) groups excluding carboxylic acids is 1. The van der Waals surface area contributed by atoms with E-state index in [1.165, 1.54) is 0 Å². The number of carbonyl (C=O) groups is 1. The van der Waals surface area contributed by atoms with Gasteiger partial charge in [-0.2, -0.15) is 0 Å². The van der Waals surface area contributed by atoms with Gasteiger partial charge >= 0.3 is 0 Å². The van der Waals surface area contributed by atoms with Crippen molar-refractivity contribution in [2.75, 3.05) is 6.61 Å². The molecule has 0 bridgehead atoms. The van der Waals surface area contributed by atoms with Gasteiger partial charge in [-0.15, -0.1) is 11.6 Å². The van der Waals surface area contributed by atoms with Gasteiger partial charge in [-0.3, -0.25) is 4.79 Å². The largest absolute Gasteiger partial charge is 0.489 e. The zero-order chi connectivity index (χ0) is 12.1. The first-order valence-corrected chi connectivity index (χ1v) is 5.52. The van der Waals surface area contributed by atoms with Crippen LogP contribution in [-0.4, -0.2) is 17.8 Å². The lowest BCUT2D eigenvalue weighted by molar-refractivity contribution is 0.0988. The second kappa shape index (κ2) is 5.71. The number of aryl methyl sites for hydroxylation is 1. The maximum atomic E-state index is 11.8. The van der Waals surface area contributed by atoms with E-state index in [0.717, 1.165) is 5.56 Å². The number of hydrogen-bond donors (Lipinski definition) is 0. The SMILES string of the molecule is C=CCOc1ccc(C)cc1C(=O)C(C)Cl. The van der Waals surface area contributed by atoms with Gasteiger partial charge < -0.3 is 4.74 Å². The van der Waals surface area contributed by atoms with E-state index in [1.807, 2.05) is 13.0 Å². The third-order valence-corrected chi connectivity index (χ3v) is 2.32. The van der Waals surface area contributed by atoms with Gasteiger partial charge in [0.05, 0.1) is 10.9 Å². The predicted octanol–water partition coefficient (Wildman–Crippen LogP) is 3.37. The van der Waals surface area contributed by atoms with Crippen molar-refractivity contribution in [3.05, 3.63) is 42.0 Å². The van der Waals surface area contributed by atoms with Crippen molar-refractivity contribution in [1.82, 2.24) is 0 Å². The molecule has 1 rings (SSSR count). The van der Waals surface area contributed by atoms with E-state index in [9.17, 15) is 4.79 Å². The second-order valence-corrected chi connectivity index (χ2v) is 4.23. The topological polar surface area (TPSA) is 26.3 Å². The van der Waals surface area contributed by atoms with Gasteiger partial charge in [-0.05, 0) is 26.0 Å². The molecule has 1 unspecified atom stereocenters. The van der Waals surface area contributed by atoms with Crippen LogP contribution in [0.5, 0.6) is 5.75 Å². The molecule has 0 saturated heterocycles. The highest BCUT2D eigenvalue weighted by Gasteiger charge is 2.17. The number of Topliss-reactive ketones (excluding diaryl/α,β-unsaturated/α-hetero) is 1. The molecule has 16 heavy (non-hydrogen) atoms. The molecule has 0 aliphatic carbocycles. The lowest BCUT2D eigenvalue weighted by Gasteiger charge is -2.11. The molecule has 0 aromatic heterocycles. The molecule has 0 radical (unpaired) electrons. The number of ether oxygens (including phenoxy) is 1. The molecule has 3 heteroatoms. The van der Waals surface area contributed by atoms with E-state index in [-0.39, 0.29) is 5.78 Å². The fourth-order valence-electron chi connectivity index (χ4n) is 1.33. The van der Waals surface area contributed by atoms with Crippen molar-refractivity contribution in [3.63, 3.8) is 0 Å². The Kier molecular flexibility index (Phi) is 4.56. The van der Waals surface area contributed by atoms with Gasteiger partial charge in [0, 0.05) is 0 Å². The maximum absolute atomic E-state index is 11.8. The molecule has 0 spiro atoms. The van der Waals surface area contributed by atoms with Crippen LogP contribution in [0.15, 0.2) is 30.9 Å². The molecule has 2 nitrogen and oxygen atoms in total. The van der Waals surface area contributed by atoms with Crippen LogP contribution < -0.4 is 4.74 Å². The molecule has 1 aromatic rings. The first-order valence-electron chi connectivity index (χ1n) is 5.09. The standard InChI is InChI=1S/C13H15ClO2/c1-4-7-16-12-6-5-9(2)8-11(12)13(15)10(3)14/h4-6,8,10H,1,7H2,2-3H3. The van der Waals surface area contributed by atoms with E-state index in [1.54, 1.807) is 25.1 Å². The molecule has 0 heterocycles. The van der Waals surface area contributed by atoms with E-state index < -0.39 is 5.38 Å². The fourth-order valence-corrected chi connectivity index (χ4v) is 1.44. The highest BCUT2D eigenvalue weighted by Crippen LogP contribution is 2.23. The monoisotopic (exact) mass is 238 g/mol. The Bertz CT molecular complexity index is 397. The summed E-state index contributed by atoms with van der Waals surface area (Å²) in [5.41, 5.74) is 1.54. The average molecular weight is 239 g/mol. The molecule has 0 aliphatic heterocycles. The number of ketones is 1. The van der Waals surface area contributed by atoms with Gasteiger partial charge in [0.25, 0.3) is 0 Å². The van der Waals surface area contributed by atoms with Crippen LogP contribution in [0.3, 0.4) is 0 Å². The molecule has 0 fully saturated rings. The molecule has 0 N–H and O–H groups in total. The molecular formula is C13H15ClO2. The first kappa shape index (κ1) is 12.8. The number of hydrogen-bond acceptors (Lipinski definition) is 2. The van der Waals surface area contributed by atoms with Crippen LogP contribution in [0, 0.1) is 6.92 Å². The normalized spacial score (nSPS) is 11.9. The predicted molar refractivity (Wildman–Crippen MR) is 66.5 cm³/mol. The summed E-state index contributed by atoms with van der Waals surface area (Å²) in [7, 11) is 0. The summed E-state index contributed by atoms with van der Waals surface area (Å²) in [6.45, 7) is 7.52. The van der Waals surface area contributed by atoms with Gasteiger partial charge in [-0.1, -0.05) is 24.3 Å². The molecule has 0 aliphatic rings. The lowest BCUT2D eigenvalue weighted by atomic mass is 10.0. The molecule has 1 aromatic carbocycles. The van der Waals surface area contributed by atoms with Crippen molar-refractivity contribution in [1.29, 1.82) is 0 Å². The van der Waals surface area contributed by atoms with Crippen LogP contribution in [0.1, 0.15) is 22.8 Å². The minimum atomic E-state index is -0.548. The van der Waals surface area contributed by atoms with Crippen LogP contribution in [0.2, 0.25) is 0 Å². The second-order valence-electron chi connectivity index (χ2n) is 3.58. The van der Waals surface area contributed by atoms with Crippen molar-refractivity contribution in [2.24, 2.45) is 0 Å². The number of halogens is 1. The number of alkyl halides is 1. The minimum absolute atomic E-state index is 0.121. The van der Waals surface area contributed by atoms with Gasteiger partial charge in [0.1, 0.15) is 12.4 Å². The van der Waals surface area contributed by atoms with Crippen LogP contribution in [-0.2, 0) is 0 Å². The van der Waals surface area contributed by atoms with Crippen molar-refractivity contribution in [3.8, 4) is 5.75 Å². The zero-order valence-corrected chi connectivity index (χ0v) is 10.3. The van der Waals surface area contributed by atoms with Crippen LogP contribution >= 0.6 is 11.6 Å². The maximum Gasteiger partial charge on any atom is 0.184 e. The number of rotatable bonds is 5. The van der Waals surface area contributed by atoms with Gasteiger partial charge in [-0.25, -0.2) is 0 Å². The summed E-state index contributed by atoms with van der Waals surface area (Å²) in [6.07, 6.45) is 1.64. The van der Waals surface area contributed by atoms with E-state index >= 15 is 0 Å². The third-order valence-electron chi connectivity index (χ3n) is 2.12. The molecule has 0 saturated carbocycles. The Balaban J connectivity index is 3.07.